The maximum atomic E-state index is 12.4. The number of benzene rings is 2. The van der Waals surface area contributed by atoms with E-state index in [-0.39, 0.29) is 12.0 Å². The molecule has 2 aromatic rings. The Bertz CT molecular complexity index is 635. The van der Waals surface area contributed by atoms with Gasteiger partial charge in [-0.1, -0.05) is 24.3 Å². The molecule has 0 unspecified atom stereocenters. The summed E-state index contributed by atoms with van der Waals surface area (Å²) in [6, 6.07) is 17.0. The second-order valence-corrected chi connectivity index (χ2v) is 5.55. The summed E-state index contributed by atoms with van der Waals surface area (Å²) in [5.41, 5.74) is 7.02. The van der Waals surface area contributed by atoms with Crippen molar-refractivity contribution in [3.8, 4) is 5.75 Å². The van der Waals surface area contributed by atoms with Crippen LogP contribution in [0.15, 0.2) is 54.6 Å². The Morgan fingerprint density at radius 1 is 1.05 bits per heavy atom. The summed E-state index contributed by atoms with van der Waals surface area (Å²) >= 11 is 0. The molecule has 1 aliphatic rings. The van der Waals surface area contributed by atoms with E-state index >= 15 is 0 Å². The van der Waals surface area contributed by atoms with Crippen LogP contribution in [0.2, 0.25) is 0 Å². The van der Waals surface area contributed by atoms with Crippen LogP contribution in [0.3, 0.4) is 0 Å². The van der Waals surface area contributed by atoms with Crippen LogP contribution >= 0.6 is 0 Å². The summed E-state index contributed by atoms with van der Waals surface area (Å²) in [6.45, 7) is 1.43. The molecule has 0 radical (unpaired) electrons. The molecule has 2 N–H and O–H groups in total. The molecule has 22 heavy (non-hydrogen) atoms. The highest BCUT2D eigenvalue weighted by atomic mass is 16.5. The highest BCUT2D eigenvalue weighted by molar-refractivity contribution is 5.95. The molecule has 3 rings (SSSR count). The van der Waals surface area contributed by atoms with E-state index in [9.17, 15) is 4.79 Å². The van der Waals surface area contributed by atoms with Crippen LogP contribution in [0.25, 0.3) is 0 Å². The number of hydrogen-bond acceptors (Lipinski definition) is 3. The van der Waals surface area contributed by atoms with E-state index in [2.05, 4.69) is 0 Å². The number of nitrogen functional groups attached to an aromatic ring is 1. The quantitative estimate of drug-likeness (QED) is 0.886. The van der Waals surface area contributed by atoms with E-state index < -0.39 is 0 Å². The standard InChI is InChI=1S/C18H20N2O2/c19-15-6-4-5-14(13-15)18(21)20-11-9-17(10-12-20)22-16-7-2-1-3-8-16/h1-8,13,17H,9-12,19H2. The highest BCUT2D eigenvalue weighted by Crippen LogP contribution is 2.20. The fourth-order valence-corrected chi connectivity index (χ4v) is 2.72. The third kappa shape index (κ3) is 3.39. The Morgan fingerprint density at radius 3 is 2.45 bits per heavy atom. The van der Waals surface area contributed by atoms with Crippen molar-refractivity contribution in [2.45, 2.75) is 18.9 Å². The largest absolute Gasteiger partial charge is 0.490 e. The molecule has 1 saturated heterocycles. The molecule has 0 bridgehead atoms. The van der Waals surface area contributed by atoms with Crippen molar-refractivity contribution in [1.82, 2.24) is 4.90 Å². The Hall–Kier alpha value is -2.49. The van der Waals surface area contributed by atoms with E-state index in [1.54, 1.807) is 12.1 Å². The van der Waals surface area contributed by atoms with Gasteiger partial charge in [0.05, 0.1) is 0 Å². The molecule has 1 amide bonds. The van der Waals surface area contributed by atoms with Crippen LogP contribution in [0, 0.1) is 0 Å². The number of nitrogens with two attached hydrogens (primary N) is 1. The molecule has 0 spiro atoms. The minimum atomic E-state index is 0.0467. The lowest BCUT2D eigenvalue weighted by molar-refractivity contribution is 0.0595. The first-order valence-corrected chi connectivity index (χ1v) is 7.59. The molecule has 0 saturated carbocycles. The summed E-state index contributed by atoms with van der Waals surface area (Å²) in [5.74, 6) is 0.938. The Balaban J connectivity index is 1.56. The van der Waals surface area contributed by atoms with Gasteiger partial charge in [-0.25, -0.2) is 0 Å². The van der Waals surface area contributed by atoms with Crippen LogP contribution in [-0.2, 0) is 0 Å². The van der Waals surface area contributed by atoms with Crippen LogP contribution in [0.4, 0.5) is 5.69 Å². The zero-order valence-corrected chi connectivity index (χ0v) is 12.4. The monoisotopic (exact) mass is 296 g/mol. The number of nitrogens with zero attached hydrogens (tertiary/aromatic N) is 1. The van der Waals surface area contributed by atoms with E-state index in [4.69, 9.17) is 10.5 Å². The van der Waals surface area contributed by atoms with Crippen molar-refractivity contribution >= 4 is 11.6 Å². The molecule has 1 heterocycles. The van der Waals surface area contributed by atoms with Gasteiger partial charge in [0.25, 0.3) is 5.91 Å². The van der Waals surface area contributed by atoms with Crippen molar-refractivity contribution < 1.29 is 9.53 Å². The maximum absolute atomic E-state index is 12.4. The fraction of sp³-hybridized carbons (Fsp3) is 0.278. The predicted octanol–water partition coefficient (Wildman–Crippen LogP) is 2.95. The van der Waals surface area contributed by atoms with Crippen LogP contribution in [-0.4, -0.2) is 30.0 Å². The normalized spacial score (nSPS) is 15.5. The van der Waals surface area contributed by atoms with Gasteiger partial charge >= 0.3 is 0 Å². The number of ether oxygens (including phenoxy) is 1. The van der Waals surface area contributed by atoms with Gasteiger partial charge in [0.15, 0.2) is 0 Å². The topological polar surface area (TPSA) is 55.6 Å². The lowest BCUT2D eigenvalue weighted by Gasteiger charge is -2.32. The number of carbonyl (C=O) groups is 1. The van der Waals surface area contributed by atoms with E-state index in [0.717, 1.165) is 18.6 Å². The molecule has 1 fully saturated rings. The second kappa shape index (κ2) is 6.52. The number of carbonyl (C=O) groups excluding carboxylic acids is 1. The zero-order valence-electron chi connectivity index (χ0n) is 12.4. The van der Waals surface area contributed by atoms with Crippen molar-refractivity contribution in [3.05, 3.63) is 60.2 Å². The molecule has 2 aromatic carbocycles. The molecular formula is C18H20N2O2. The maximum Gasteiger partial charge on any atom is 0.253 e. The average molecular weight is 296 g/mol. The van der Waals surface area contributed by atoms with E-state index in [1.165, 1.54) is 0 Å². The minimum Gasteiger partial charge on any atom is -0.490 e. The fourth-order valence-electron chi connectivity index (χ4n) is 2.72. The smallest absolute Gasteiger partial charge is 0.253 e. The number of likely N-dealkylation sites (tertiary alicyclic amines) is 1. The highest BCUT2D eigenvalue weighted by Gasteiger charge is 2.24. The van der Waals surface area contributed by atoms with Crippen molar-refractivity contribution in [2.75, 3.05) is 18.8 Å². The third-order valence-electron chi connectivity index (χ3n) is 3.91. The molecular weight excluding hydrogens is 276 g/mol. The molecule has 4 heteroatoms. The van der Waals surface area contributed by atoms with Gasteiger partial charge in [-0.3, -0.25) is 4.79 Å². The number of anilines is 1. The molecule has 0 aromatic heterocycles. The predicted molar refractivity (Wildman–Crippen MR) is 86.8 cm³/mol. The van der Waals surface area contributed by atoms with Gasteiger partial charge in [0.1, 0.15) is 11.9 Å². The van der Waals surface area contributed by atoms with Crippen molar-refractivity contribution in [2.24, 2.45) is 0 Å². The van der Waals surface area contributed by atoms with E-state index in [1.807, 2.05) is 47.4 Å². The summed E-state index contributed by atoms with van der Waals surface area (Å²) in [4.78, 5) is 14.3. The zero-order chi connectivity index (χ0) is 15.4. The average Bonchev–Trinajstić information content (AvgIpc) is 2.56. The number of para-hydroxylation sites is 1. The van der Waals surface area contributed by atoms with Gasteiger partial charge in [-0.05, 0) is 30.3 Å². The summed E-state index contributed by atoms with van der Waals surface area (Å²) in [6.07, 6.45) is 1.87. The van der Waals surface area contributed by atoms with Gasteiger partial charge < -0.3 is 15.4 Å². The second-order valence-electron chi connectivity index (χ2n) is 5.55. The van der Waals surface area contributed by atoms with Crippen LogP contribution in [0.1, 0.15) is 23.2 Å². The van der Waals surface area contributed by atoms with Gasteiger partial charge in [-0.2, -0.15) is 0 Å². The van der Waals surface area contributed by atoms with Crippen molar-refractivity contribution in [3.63, 3.8) is 0 Å². The van der Waals surface area contributed by atoms with Gasteiger partial charge in [0.2, 0.25) is 0 Å². The molecule has 0 aliphatic carbocycles. The first-order chi connectivity index (χ1) is 10.7. The minimum absolute atomic E-state index is 0.0467. The Labute approximate surface area is 130 Å². The summed E-state index contributed by atoms with van der Waals surface area (Å²) < 4.78 is 5.95. The van der Waals surface area contributed by atoms with Crippen LogP contribution in [0.5, 0.6) is 5.75 Å². The molecule has 1 aliphatic heterocycles. The molecule has 114 valence electrons. The Morgan fingerprint density at radius 2 is 1.77 bits per heavy atom. The third-order valence-corrected chi connectivity index (χ3v) is 3.91. The number of hydrogen-bond donors (Lipinski definition) is 1. The number of rotatable bonds is 3. The number of piperidine rings is 1. The Kier molecular flexibility index (Phi) is 4.28. The lowest BCUT2D eigenvalue weighted by Crippen LogP contribution is -2.41. The first-order valence-electron chi connectivity index (χ1n) is 7.59. The summed E-state index contributed by atoms with van der Waals surface area (Å²) in [5, 5.41) is 0. The van der Waals surface area contributed by atoms with Crippen molar-refractivity contribution in [1.29, 1.82) is 0 Å². The summed E-state index contributed by atoms with van der Waals surface area (Å²) in [7, 11) is 0. The lowest BCUT2D eigenvalue weighted by atomic mass is 10.1. The molecule has 0 atom stereocenters. The van der Waals surface area contributed by atoms with Crippen LogP contribution < -0.4 is 10.5 Å². The molecule has 4 nitrogen and oxygen atoms in total. The first kappa shape index (κ1) is 14.4. The van der Waals surface area contributed by atoms with Gasteiger partial charge in [-0.15, -0.1) is 0 Å². The SMILES string of the molecule is Nc1cccc(C(=O)N2CCC(Oc3ccccc3)CC2)c1. The van der Waals surface area contributed by atoms with Gasteiger partial charge in [0, 0.05) is 37.2 Å². The number of amides is 1. The van der Waals surface area contributed by atoms with E-state index in [0.29, 0.717) is 24.3 Å².